The molecule has 0 bridgehead atoms. The van der Waals surface area contributed by atoms with Gasteiger partial charge in [0.25, 0.3) is 5.82 Å². The Bertz CT molecular complexity index is 589. The normalized spacial score (nSPS) is 10.1. The van der Waals surface area contributed by atoms with E-state index in [0.29, 0.717) is 11.4 Å². The zero-order valence-electron chi connectivity index (χ0n) is 9.82. The summed E-state index contributed by atoms with van der Waals surface area (Å²) in [5.41, 5.74) is 0.507. The zero-order chi connectivity index (χ0) is 13.1. The van der Waals surface area contributed by atoms with Crippen molar-refractivity contribution in [1.82, 2.24) is 19.7 Å². The van der Waals surface area contributed by atoms with Crippen LogP contribution in [0, 0.1) is 0 Å². The first-order chi connectivity index (χ1) is 8.61. The maximum Gasteiger partial charge on any atom is 0.377 e. The van der Waals surface area contributed by atoms with Gasteiger partial charge in [0.1, 0.15) is 6.33 Å². The van der Waals surface area contributed by atoms with Crippen molar-refractivity contribution in [2.24, 2.45) is 0 Å². The molecular formula is C11H10N4O3. The van der Waals surface area contributed by atoms with E-state index in [1.807, 2.05) is 0 Å². The number of carbonyl (C=O) groups is 2. The number of ether oxygens (including phenoxy) is 1. The van der Waals surface area contributed by atoms with Crippen LogP contribution in [-0.4, -0.2) is 38.6 Å². The minimum Gasteiger partial charge on any atom is -0.463 e. The molecule has 0 spiro atoms. The van der Waals surface area contributed by atoms with Crippen molar-refractivity contribution in [3.05, 3.63) is 36.0 Å². The Balaban J connectivity index is 2.29. The Kier molecular flexibility index (Phi) is 3.13. The lowest BCUT2D eigenvalue weighted by Gasteiger charge is -1.99. The maximum atomic E-state index is 11.2. The van der Waals surface area contributed by atoms with E-state index < -0.39 is 5.97 Å². The highest BCUT2D eigenvalue weighted by atomic mass is 16.5. The van der Waals surface area contributed by atoms with Crippen LogP contribution in [0.1, 0.15) is 27.9 Å². The van der Waals surface area contributed by atoms with Gasteiger partial charge in [-0.25, -0.2) is 19.4 Å². The number of pyridine rings is 1. The maximum absolute atomic E-state index is 11.2. The summed E-state index contributed by atoms with van der Waals surface area (Å²) in [5.74, 6) is -0.269. The number of rotatable bonds is 3. The molecule has 0 unspecified atom stereocenters. The molecule has 2 heterocycles. The Morgan fingerprint density at radius 3 is 2.61 bits per heavy atom. The van der Waals surface area contributed by atoms with Gasteiger partial charge in [0.05, 0.1) is 7.11 Å². The molecule has 0 aliphatic carbocycles. The molecule has 0 atom stereocenters. The Hall–Kier alpha value is -2.57. The van der Waals surface area contributed by atoms with Crippen LogP contribution in [0.15, 0.2) is 24.7 Å². The van der Waals surface area contributed by atoms with Crippen molar-refractivity contribution in [1.29, 1.82) is 0 Å². The van der Waals surface area contributed by atoms with Crippen LogP contribution in [0.3, 0.4) is 0 Å². The highest BCUT2D eigenvalue weighted by Crippen LogP contribution is 2.05. The molecule has 0 aliphatic rings. The molecule has 0 aromatic carbocycles. The zero-order valence-corrected chi connectivity index (χ0v) is 9.82. The van der Waals surface area contributed by atoms with E-state index in [4.69, 9.17) is 0 Å². The van der Waals surface area contributed by atoms with Crippen molar-refractivity contribution in [3.8, 4) is 5.82 Å². The summed E-state index contributed by atoms with van der Waals surface area (Å²) in [7, 11) is 1.25. The average Bonchev–Trinajstić information content (AvgIpc) is 2.87. The Morgan fingerprint density at radius 1 is 1.28 bits per heavy atom. The fourth-order valence-corrected chi connectivity index (χ4v) is 1.29. The number of ketones is 1. The number of Topliss-reactive ketones (excluding diaryl/α,β-unsaturated/α-hetero) is 1. The van der Waals surface area contributed by atoms with Gasteiger partial charge < -0.3 is 4.74 Å². The molecule has 2 aromatic heterocycles. The topological polar surface area (TPSA) is 87.0 Å². The van der Waals surface area contributed by atoms with E-state index >= 15 is 0 Å². The number of nitrogens with zero attached hydrogens (tertiary/aromatic N) is 4. The van der Waals surface area contributed by atoms with Crippen LogP contribution in [0.25, 0.3) is 5.82 Å². The van der Waals surface area contributed by atoms with Gasteiger partial charge in [-0.1, -0.05) is 0 Å². The molecule has 0 N–H and O–H groups in total. The van der Waals surface area contributed by atoms with E-state index in [1.54, 1.807) is 12.1 Å². The minimum atomic E-state index is -0.617. The lowest BCUT2D eigenvalue weighted by Crippen LogP contribution is -2.06. The van der Waals surface area contributed by atoms with E-state index in [-0.39, 0.29) is 11.6 Å². The predicted molar refractivity (Wildman–Crippen MR) is 60.5 cm³/mol. The third kappa shape index (κ3) is 2.24. The van der Waals surface area contributed by atoms with Gasteiger partial charge in [0, 0.05) is 11.8 Å². The average molecular weight is 246 g/mol. The second-order valence-corrected chi connectivity index (χ2v) is 3.47. The second-order valence-electron chi connectivity index (χ2n) is 3.47. The minimum absolute atomic E-state index is 0.0463. The second kappa shape index (κ2) is 4.74. The summed E-state index contributed by atoms with van der Waals surface area (Å²) in [5, 5.41) is 3.91. The Morgan fingerprint density at radius 2 is 2.06 bits per heavy atom. The van der Waals surface area contributed by atoms with Crippen molar-refractivity contribution in [2.75, 3.05) is 7.11 Å². The van der Waals surface area contributed by atoms with Gasteiger partial charge in [0.2, 0.25) is 0 Å². The first-order valence-corrected chi connectivity index (χ1v) is 5.09. The lowest BCUT2D eigenvalue weighted by molar-refractivity contribution is 0.0586. The largest absolute Gasteiger partial charge is 0.463 e. The summed E-state index contributed by atoms with van der Waals surface area (Å²) >= 11 is 0. The van der Waals surface area contributed by atoms with Crippen LogP contribution in [-0.2, 0) is 4.74 Å². The number of methoxy groups -OCH3 is 1. The molecule has 18 heavy (non-hydrogen) atoms. The molecule has 0 aliphatic heterocycles. The quantitative estimate of drug-likeness (QED) is 0.583. The van der Waals surface area contributed by atoms with E-state index in [9.17, 15) is 9.59 Å². The van der Waals surface area contributed by atoms with Gasteiger partial charge in [-0.15, -0.1) is 5.10 Å². The molecule has 7 nitrogen and oxygen atoms in total. The summed E-state index contributed by atoms with van der Waals surface area (Å²) in [6, 6.07) is 3.25. The molecule has 0 fully saturated rings. The van der Waals surface area contributed by atoms with Crippen molar-refractivity contribution in [2.45, 2.75) is 6.92 Å². The number of hydrogen-bond acceptors (Lipinski definition) is 6. The molecule has 92 valence electrons. The van der Waals surface area contributed by atoms with Gasteiger partial charge in [-0.2, -0.15) is 0 Å². The molecule has 2 aromatic rings. The van der Waals surface area contributed by atoms with Crippen LogP contribution in [0.4, 0.5) is 0 Å². The monoisotopic (exact) mass is 246 g/mol. The van der Waals surface area contributed by atoms with E-state index in [1.165, 1.54) is 31.2 Å². The predicted octanol–water partition coefficient (Wildman–Crippen LogP) is 0.651. The Labute approximate surface area is 102 Å². The van der Waals surface area contributed by atoms with Crippen LogP contribution < -0.4 is 0 Å². The van der Waals surface area contributed by atoms with Crippen molar-refractivity contribution >= 4 is 11.8 Å². The smallest absolute Gasteiger partial charge is 0.377 e. The third-order valence-electron chi connectivity index (χ3n) is 2.25. The molecule has 2 rings (SSSR count). The van der Waals surface area contributed by atoms with E-state index in [2.05, 4.69) is 19.8 Å². The van der Waals surface area contributed by atoms with Gasteiger partial charge >= 0.3 is 5.97 Å². The van der Waals surface area contributed by atoms with Crippen molar-refractivity contribution < 1.29 is 14.3 Å². The number of esters is 1. The summed E-state index contributed by atoms with van der Waals surface area (Å²) in [6.07, 6.45) is 2.79. The molecule has 0 radical (unpaired) electrons. The number of carbonyl (C=O) groups excluding carboxylic acids is 2. The van der Waals surface area contributed by atoms with Crippen LogP contribution in [0.2, 0.25) is 0 Å². The number of hydrogen-bond donors (Lipinski definition) is 0. The highest BCUT2D eigenvalue weighted by Gasteiger charge is 2.12. The fraction of sp³-hybridized carbons (Fsp3) is 0.182. The fourth-order valence-electron chi connectivity index (χ4n) is 1.29. The summed E-state index contributed by atoms with van der Waals surface area (Å²) in [6.45, 7) is 1.46. The lowest BCUT2D eigenvalue weighted by atomic mass is 10.2. The SMILES string of the molecule is COC(=O)c1ncn(-c2ccc(C(C)=O)cn2)n1. The first kappa shape index (κ1) is 11.9. The molecule has 0 saturated heterocycles. The van der Waals surface area contributed by atoms with E-state index in [0.717, 1.165) is 0 Å². The summed E-state index contributed by atoms with van der Waals surface area (Å²) in [4.78, 5) is 30.1. The molecule has 0 saturated carbocycles. The molecular weight excluding hydrogens is 236 g/mol. The number of aromatic nitrogens is 4. The third-order valence-corrected chi connectivity index (χ3v) is 2.25. The van der Waals surface area contributed by atoms with Crippen LogP contribution in [0.5, 0.6) is 0 Å². The first-order valence-electron chi connectivity index (χ1n) is 5.09. The highest BCUT2D eigenvalue weighted by molar-refractivity contribution is 5.93. The van der Waals surface area contributed by atoms with Gasteiger partial charge in [-0.3, -0.25) is 4.79 Å². The standard InChI is InChI=1S/C11H10N4O3/c1-7(16)8-3-4-9(12-5-8)15-6-13-10(14-15)11(17)18-2/h3-6H,1-2H3. The van der Waals surface area contributed by atoms with Gasteiger partial charge in [-0.05, 0) is 19.1 Å². The van der Waals surface area contributed by atoms with Crippen molar-refractivity contribution in [3.63, 3.8) is 0 Å². The van der Waals surface area contributed by atoms with Gasteiger partial charge in [0.15, 0.2) is 11.6 Å². The molecule has 7 heteroatoms. The molecule has 0 amide bonds. The summed E-state index contributed by atoms with van der Waals surface area (Å²) < 4.78 is 5.82. The van der Waals surface area contributed by atoms with Crippen LogP contribution >= 0.6 is 0 Å².